The fourth-order valence-electron chi connectivity index (χ4n) is 5.88. The van der Waals surface area contributed by atoms with Gasteiger partial charge in [-0.05, 0) is 56.2 Å². The van der Waals surface area contributed by atoms with Crippen molar-refractivity contribution in [3.05, 3.63) is 59.7 Å². The Kier molecular flexibility index (Phi) is 9.99. The summed E-state index contributed by atoms with van der Waals surface area (Å²) in [6.07, 6.45) is 0.781. The Labute approximate surface area is 237 Å². The molecule has 0 aliphatic carbocycles. The normalized spacial score (nSPS) is 23.1. The van der Waals surface area contributed by atoms with E-state index < -0.39 is 26.2 Å². The number of ether oxygens (including phenoxy) is 2. The minimum Gasteiger partial charge on any atom is -0.490 e. The monoisotopic (exact) mass is 571 g/mol. The Balaban J connectivity index is 1.55. The van der Waals surface area contributed by atoms with Crippen molar-refractivity contribution in [3.63, 3.8) is 0 Å². The van der Waals surface area contributed by atoms with E-state index in [4.69, 9.17) is 9.47 Å². The van der Waals surface area contributed by atoms with Crippen LogP contribution in [0, 0.1) is 5.92 Å². The summed E-state index contributed by atoms with van der Waals surface area (Å²) >= 11 is 0. The van der Waals surface area contributed by atoms with E-state index in [2.05, 4.69) is 10.6 Å². The van der Waals surface area contributed by atoms with Gasteiger partial charge in [0.05, 0.1) is 18.8 Å². The Bertz CT molecular complexity index is 1160. The summed E-state index contributed by atoms with van der Waals surface area (Å²) < 4.78 is 28.3. The van der Waals surface area contributed by atoms with E-state index in [1.807, 2.05) is 43.3 Å². The van der Waals surface area contributed by atoms with Crippen LogP contribution in [0.5, 0.6) is 5.75 Å². The van der Waals surface area contributed by atoms with Gasteiger partial charge in [0, 0.05) is 49.3 Å². The number of aliphatic hydroxyl groups excluding tert-OH is 1. The highest BCUT2D eigenvalue weighted by atomic mass is 28.4. The average Bonchev–Trinajstić information content (AvgIpc) is 3.47. The van der Waals surface area contributed by atoms with Gasteiger partial charge in [0.25, 0.3) is 0 Å². The molecule has 10 heteroatoms. The van der Waals surface area contributed by atoms with Gasteiger partial charge < -0.3 is 34.2 Å². The summed E-state index contributed by atoms with van der Waals surface area (Å²) in [5.74, 6) is 0.0378. The molecule has 0 aromatic heterocycles. The highest BCUT2D eigenvalue weighted by molar-refractivity contribution is 6.72. The quantitative estimate of drug-likeness (QED) is 0.273. The fraction of sp³-hybridized carbons (Fsp3) is 0.533. The zero-order valence-corrected chi connectivity index (χ0v) is 24.9. The molecule has 0 radical (unpaired) electrons. The molecule has 2 aromatic carbocycles. The molecule has 2 aromatic rings. The summed E-state index contributed by atoms with van der Waals surface area (Å²) in [4.78, 5) is 27.8. The molecule has 1 unspecified atom stereocenters. The summed E-state index contributed by atoms with van der Waals surface area (Å²) in [5.41, 5.74) is 1.75. The molecule has 1 fully saturated rings. The van der Waals surface area contributed by atoms with E-state index >= 15 is 4.11 Å². The number of fused-ring (bicyclic) bond motifs is 1. The summed E-state index contributed by atoms with van der Waals surface area (Å²) in [7, 11) is -1.79. The van der Waals surface area contributed by atoms with Crippen molar-refractivity contribution >= 4 is 25.9 Å². The maximum absolute atomic E-state index is 16.0. The van der Waals surface area contributed by atoms with E-state index in [1.165, 1.54) is 0 Å². The van der Waals surface area contributed by atoms with E-state index in [0.29, 0.717) is 18.0 Å². The van der Waals surface area contributed by atoms with Crippen LogP contribution in [-0.4, -0.2) is 69.2 Å². The van der Waals surface area contributed by atoms with Crippen molar-refractivity contribution in [2.24, 2.45) is 5.92 Å². The molecule has 40 heavy (non-hydrogen) atoms. The van der Waals surface area contributed by atoms with Gasteiger partial charge >= 0.3 is 0 Å². The summed E-state index contributed by atoms with van der Waals surface area (Å²) in [5, 5.41) is 15.8. The van der Waals surface area contributed by atoms with Crippen molar-refractivity contribution in [2.45, 2.75) is 69.6 Å². The number of carbonyl (C=O) groups is 2. The number of rotatable bonds is 11. The van der Waals surface area contributed by atoms with Crippen molar-refractivity contribution < 1.29 is 28.3 Å². The highest BCUT2D eigenvalue weighted by Gasteiger charge is 2.48. The number of nitrogens with zero attached hydrogens (tertiary/aromatic N) is 1. The third-order valence-electron chi connectivity index (χ3n) is 8.09. The molecule has 8 nitrogen and oxygen atoms in total. The number of hydrogen-bond donors (Lipinski definition) is 3. The summed E-state index contributed by atoms with van der Waals surface area (Å²) in [6, 6.07) is 14.8. The predicted octanol–water partition coefficient (Wildman–Crippen LogP) is 4.42. The fourth-order valence-corrected chi connectivity index (χ4v) is 7.69. The lowest BCUT2D eigenvalue weighted by atomic mass is 9.86. The molecule has 0 spiro atoms. The first-order valence-electron chi connectivity index (χ1n) is 14.1. The maximum Gasteiger partial charge on any atom is 0.248 e. The molecule has 2 amide bonds. The van der Waals surface area contributed by atoms with Gasteiger partial charge in [-0.15, -0.1) is 0 Å². The van der Waals surface area contributed by atoms with Crippen LogP contribution < -0.4 is 15.4 Å². The topological polar surface area (TPSA) is 100 Å². The second-order valence-electron chi connectivity index (χ2n) is 11.4. The minimum atomic E-state index is -3.41. The standard InChI is InChI=1S/C30H42FN3O5Si/c1-20-28(38-2)23-17-22(33-30(37)24-11-8-14-32-24)12-13-25(23)39-29(20)26(40(3,4)31)18-27(36)34(15-16-35)19-21-9-6-5-7-10-21/h5-7,9-10,12-13,17,20,24,26,28-29,32,35H,8,11,14-16,18-19H2,1-4H3,(H,33,37)/t20-,24-,26?,28-,29-/m1/s1. The molecule has 4 rings (SSSR count). The van der Waals surface area contributed by atoms with Crippen LogP contribution in [0.3, 0.4) is 0 Å². The smallest absolute Gasteiger partial charge is 0.248 e. The van der Waals surface area contributed by atoms with Crippen molar-refractivity contribution in [1.82, 2.24) is 10.2 Å². The van der Waals surface area contributed by atoms with Gasteiger partial charge in [0.1, 0.15) is 11.9 Å². The molecule has 218 valence electrons. The number of methoxy groups -OCH3 is 1. The van der Waals surface area contributed by atoms with E-state index in [9.17, 15) is 14.7 Å². The Hall–Kier alpha value is -2.79. The third-order valence-corrected chi connectivity index (χ3v) is 10.4. The highest BCUT2D eigenvalue weighted by Crippen LogP contribution is 2.48. The zero-order valence-electron chi connectivity index (χ0n) is 23.9. The van der Waals surface area contributed by atoms with Gasteiger partial charge in [-0.3, -0.25) is 9.59 Å². The second-order valence-corrected chi connectivity index (χ2v) is 15.3. The SMILES string of the molecule is CO[C@H]1c2cc(NC(=O)[C@H]3CCCN3)ccc2O[C@@H](C(CC(=O)N(CCO)Cc2ccccc2)[Si](C)(C)F)[C@@H]1C. The lowest BCUT2D eigenvalue weighted by molar-refractivity contribution is -0.133. The number of nitrogens with one attached hydrogen (secondary N) is 2. The van der Waals surface area contributed by atoms with Crippen LogP contribution in [0.15, 0.2) is 48.5 Å². The van der Waals surface area contributed by atoms with Crippen molar-refractivity contribution in [3.8, 4) is 5.75 Å². The van der Waals surface area contributed by atoms with E-state index in [-0.39, 0.29) is 43.3 Å². The first-order valence-corrected chi connectivity index (χ1v) is 17.1. The number of amides is 2. The first kappa shape index (κ1) is 30.2. The number of carbonyl (C=O) groups excluding carboxylic acids is 2. The van der Waals surface area contributed by atoms with Gasteiger partial charge in [-0.2, -0.15) is 0 Å². The molecule has 2 aliphatic rings. The van der Waals surface area contributed by atoms with Crippen molar-refractivity contribution in [1.29, 1.82) is 0 Å². The Morgan fingerprint density at radius 2 is 2.00 bits per heavy atom. The molecule has 5 atom stereocenters. The van der Waals surface area contributed by atoms with Crippen molar-refractivity contribution in [2.75, 3.05) is 32.1 Å². The Morgan fingerprint density at radius 3 is 2.62 bits per heavy atom. The van der Waals surface area contributed by atoms with Crippen LogP contribution in [-0.2, 0) is 20.9 Å². The van der Waals surface area contributed by atoms with Crippen LogP contribution in [0.25, 0.3) is 0 Å². The third kappa shape index (κ3) is 7.09. The maximum atomic E-state index is 16.0. The number of benzene rings is 2. The molecular weight excluding hydrogens is 529 g/mol. The molecule has 1 saturated heterocycles. The van der Waals surface area contributed by atoms with E-state index in [0.717, 1.165) is 30.5 Å². The van der Waals surface area contributed by atoms with Crippen LogP contribution in [0.1, 0.15) is 43.4 Å². The molecular formula is C30H42FN3O5Si. The zero-order chi connectivity index (χ0) is 28.9. The van der Waals surface area contributed by atoms with E-state index in [1.54, 1.807) is 37.2 Å². The molecule has 2 aliphatic heterocycles. The molecule has 2 heterocycles. The minimum absolute atomic E-state index is 0.0220. The average molecular weight is 572 g/mol. The molecule has 0 saturated carbocycles. The number of aliphatic hydroxyl groups is 1. The Morgan fingerprint density at radius 1 is 1.25 bits per heavy atom. The van der Waals surface area contributed by atoms with Crippen LogP contribution >= 0.6 is 0 Å². The predicted molar refractivity (Wildman–Crippen MR) is 155 cm³/mol. The number of anilines is 1. The first-order chi connectivity index (χ1) is 19.1. The number of hydrogen-bond acceptors (Lipinski definition) is 6. The molecule has 0 bridgehead atoms. The lowest BCUT2D eigenvalue weighted by Crippen LogP contribution is -2.48. The number of halogens is 1. The van der Waals surface area contributed by atoms with Crippen LogP contribution in [0.4, 0.5) is 9.80 Å². The van der Waals surface area contributed by atoms with Gasteiger partial charge in [0.2, 0.25) is 20.2 Å². The second kappa shape index (κ2) is 13.2. The molecule has 3 N–H and O–H groups in total. The van der Waals surface area contributed by atoms with Gasteiger partial charge in [-0.25, -0.2) is 0 Å². The largest absolute Gasteiger partial charge is 0.490 e. The van der Waals surface area contributed by atoms with Gasteiger partial charge in [-0.1, -0.05) is 37.3 Å². The van der Waals surface area contributed by atoms with Gasteiger partial charge in [0.15, 0.2) is 0 Å². The lowest BCUT2D eigenvalue weighted by Gasteiger charge is -2.43. The summed E-state index contributed by atoms with van der Waals surface area (Å²) in [6.45, 7) is 6.36. The van der Waals surface area contributed by atoms with Crippen LogP contribution in [0.2, 0.25) is 18.6 Å².